The first-order chi connectivity index (χ1) is 18.4. The first-order valence-corrected chi connectivity index (χ1v) is 15.3. The number of sulfonamides is 2. The van der Waals surface area contributed by atoms with Gasteiger partial charge in [0.15, 0.2) is 0 Å². The molecule has 0 aliphatic carbocycles. The number of hydrogen-bond acceptors (Lipinski definition) is 6. The number of piperidine rings is 2. The molecule has 0 radical (unpaired) electrons. The van der Waals surface area contributed by atoms with E-state index in [0.717, 1.165) is 47.1 Å². The van der Waals surface area contributed by atoms with Crippen LogP contribution in [-0.4, -0.2) is 74.6 Å². The highest BCUT2D eigenvalue weighted by atomic mass is 32.2. The zero-order valence-corrected chi connectivity index (χ0v) is 22.9. The van der Waals surface area contributed by atoms with Crippen LogP contribution in [0.2, 0.25) is 0 Å². The summed E-state index contributed by atoms with van der Waals surface area (Å²) >= 11 is 0. The molecule has 4 rings (SSSR count). The largest absolute Gasteiger partial charge is 0.480 e. The fraction of sp³-hybridized carbons (Fsp3) is 0.440. The van der Waals surface area contributed by atoms with Crippen molar-refractivity contribution in [2.75, 3.05) is 20.1 Å². The van der Waals surface area contributed by atoms with Gasteiger partial charge >= 0.3 is 5.97 Å². The number of aliphatic carboxylic acids is 1. The normalized spacial score (nSPS) is 20.9. The highest BCUT2D eigenvalue weighted by Gasteiger charge is 2.38. The summed E-state index contributed by atoms with van der Waals surface area (Å²) in [5.41, 5.74) is 0. The number of carbonyl (C=O) groups excluding carboxylic acids is 1. The van der Waals surface area contributed by atoms with Crippen molar-refractivity contribution in [3.05, 3.63) is 60.2 Å². The van der Waals surface area contributed by atoms with Gasteiger partial charge in [-0.3, -0.25) is 9.59 Å². The summed E-state index contributed by atoms with van der Waals surface area (Å²) in [7, 11) is -6.18. The second kappa shape index (κ2) is 12.9. The molecular formula is C25H31F2N3O7S2. The number of rotatable bonds is 6. The van der Waals surface area contributed by atoms with Gasteiger partial charge in [0.05, 0.1) is 9.79 Å². The van der Waals surface area contributed by atoms with Crippen LogP contribution in [0.3, 0.4) is 0 Å². The lowest BCUT2D eigenvalue weighted by Gasteiger charge is -2.33. The van der Waals surface area contributed by atoms with E-state index in [-0.39, 0.29) is 22.2 Å². The number of amides is 1. The molecular weight excluding hydrogens is 556 g/mol. The van der Waals surface area contributed by atoms with Crippen molar-refractivity contribution >= 4 is 31.9 Å². The highest BCUT2D eigenvalue weighted by Crippen LogP contribution is 2.27. The number of nitrogens with one attached hydrogen (secondary N) is 1. The lowest BCUT2D eigenvalue weighted by Crippen LogP contribution is -2.51. The summed E-state index contributed by atoms with van der Waals surface area (Å²) in [6.07, 6.45) is 3.65. The van der Waals surface area contributed by atoms with Crippen LogP contribution >= 0.6 is 0 Å². The van der Waals surface area contributed by atoms with E-state index in [2.05, 4.69) is 5.32 Å². The fourth-order valence-electron chi connectivity index (χ4n) is 4.54. The van der Waals surface area contributed by atoms with E-state index in [4.69, 9.17) is 5.11 Å². The Balaban J connectivity index is 0.000000216. The number of likely N-dealkylation sites (N-methyl/N-ethyl adjacent to an activating group) is 1. The maximum Gasteiger partial charge on any atom is 0.322 e. The standard InChI is InChI=1S/C13H17FN2O3S.C12H14FNO4S/c1-15-13(17)12-4-2-3-9-16(12)20(18,19)11-7-5-10(14)6-8-11;13-9-4-6-10(7-5-9)19(17,18)14-8-2-1-3-11(14)12(15)16/h5-8,12H,2-4,9H2,1H3,(H,15,17);4-7,11H,1-3,8H2,(H,15,16)/t12-;11-/m00/s1. The van der Waals surface area contributed by atoms with E-state index >= 15 is 0 Å². The third-order valence-electron chi connectivity index (χ3n) is 6.58. The minimum atomic E-state index is -3.89. The molecule has 2 aliphatic heterocycles. The SMILES string of the molecule is CNC(=O)[C@@H]1CCCCN1S(=O)(=O)c1ccc(F)cc1.O=C(O)[C@@H]1CCCCN1S(=O)(=O)c1ccc(F)cc1. The summed E-state index contributed by atoms with van der Waals surface area (Å²) in [4.78, 5) is 22.9. The number of halogens is 2. The molecule has 1 amide bonds. The van der Waals surface area contributed by atoms with Gasteiger partial charge in [-0.1, -0.05) is 6.42 Å². The molecule has 0 saturated carbocycles. The maximum atomic E-state index is 12.9. The van der Waals surface area contributed by atoms with Crippen LogP contribution in [0.1, 0.15) is 38.5 Å². The molecule has 2 fully saturated rings. The molecule has 2 aromatic carbocycles. The molecule has 2 aromatic rings. The van der Waals surface area contributed by atoms with Crippen LogP contribution < -0.4 is 5.32 Å². The predicted molar refractivity (Wildman–Crippen MR) is 138 cm³/mol. The summed E-state index contributed by atoms with van der Waals surface area (Å²) in [5.74, 6) is -2.49. The van der Waals surface area contributed by atoms with Gasteiger partial charge in [0.25, 0.3) is 0 Å². The molecule has 2 N–H and O–H groups in total. The van der Waals surface area contributed by atoms with Crippen LogP contribution in [0.4, 0.5) is 8.78 Å². The van der Waals surface area contributed by atoms with E-state index in [9.17, 15) is 35.2 Å². The molecule has 0 aromatic heterocycles. The van der Waals surface area contributed by atoms with Crippen molar-refractivity contribution in [3.63, 3.8) is 0 Å². The van der Waals surface area contributed by atoms with E-state index < -0.39 is 49.7 Å². The average molecular weight is 588 g/mol. The van der Waals surface area contributed by atoms with E-state index in [1.165, 1.54) is 23.5 Å². The molecule has 2 saturated heterocycles. The van der Waals surface area contributed by atoms with Gasteiger partial charge in [0.1, 0.15) is 23.7 Å². The van der Waals surface area contributed by atoms with Crippen LogP contribution in [0, 0.1) is 11.6 Å². The Bertz CT molecular complexity index is 1370. The van der Waals surface area contributed by atoms with Crippen molar-refractivity contribution in [1.29, 1.82) is 0 Å². The number of hydrogen-bond donors (Lipinski definition) is 2. The zero-order chi connectivity index (χ0) is 28.8. The lowest BCUT2D eigenvalue weighted by atomic mass is 10.0. The maximum absolute atomic E-state index is 12.9. The fourth-order valence-corrected chi connectivity index (χ4v) is 7.85. The van der Waals surface area contributed by atoms with Crippen molar-refractivity contribution in [3.8, 4) is 0 Å². The Morgan fingerprint density at radius 3 is 1.51 bits per heavy atom. The minimum absolute atomic E-state index is 0.00898. The van der Waals surface area contributed by atoms with Crippen LogP contribution in [0.5, 0.6) is 0 Å². The number of carbonyl (C=O) groups is 2. The molecule has 2 aliphatic rings. The molecule has 214 valence electrons. The van der Waals surface area contributed by atoms with E-state index in [0.29, 0.717) is 38.6 Å². The molecule has 2 atom stereocenters. The van der Waals surface area contributed by atoms with Gasteiger partial charge in [-0.25, -0.2) is 25.6 Å². The molecule has 14 heteroatoms. The molecule has 39 heavy (non-hydrogen) atoms. The van der Waals surface area contributed by atoms with Crippen molar-refractivity contribution in [2.24, 2.45) is 0 Å². The summed E-state index contributed by atoms with van der Waals surface area (Å²) in [6, 6.07) is 7.32. The Morgan fingerprint density at radius 1 is 0.744 bits per heavy atom. The lowest BCUT2D eigenvalue weighted by molar-refractivity contribution is -0.142. The first kappa shape index (κ1) is 30.6. The van der Waals surface area contributed by atoms with E-state index in [1.54, 1.807) is 0 Å². The Labute approximate surface area is 226 Å². The minimum Gasteiger partial charge on any atom is -0.480 e. The molecule has 0 spiro atoms. The highest BCUT2D eigenvalue weighted by molar-refractivity contribution is 7.89. The van der Waals surface area contributed by atoms with Gasteiger partial charge in [-0.05, 0) is 80.6 Å². The predicted octanol–water partition coefficient (Wildman–Crippen LogP) is 2.57. The molecule has 0 unspecified atom stereocenters. The smallest absolute Gasteiger partial charge is 0.322 e. The monoisotopic (exact) mass is 587 g/mol. The summed E-state index contributed by atoms with van der Waals surface area (Å²) < 4.78 is 77.7. The van der Waals surface area contributed by atoms with Gasteiger partial charge in [-0.2, -0.15) is 8.61 Å². The molecule has 0 bridgehead atoms. The Morgan fingerprint density at radius 2 is 1.13 bits per heavy atom. The number of nitrogens with zero attached hydrogens (tertiary/aromatic N) is 2. The summed E-state index contributed by atoms with van der Waals surface area (Å²) in [6.45, 7) is 0.481. The van der Waals surface area contributed by atoms with Crippen LogP contribution in [0.15, 0.2) is 58.3 Å². The van der Waals surface area contributed by atoms with Gasteiger partial charge < -0.3 is 10.4 Å². The first-order valence-electron chi connectivity index (χ1n) is 12.4. The topological polar surface area (TPSA) is 141 Å². The van der Waals surface area contributed by atoms with Crippen molar-refractivity contribution in [1.82, 2.24) is 13.9 Å². The van der Waals surface area contributed by atoms with Crippen LogP contribution in [-0.2, 0) is 29.6 Å². The third-order valence-corrected chi connectivity index (χ3v) is 10.4. The van der Waals surface area contributed by atoms with E-state index in [1.807, 2.05) is 0 Å². The Kier molecular flexibility index (Phi) is 10.2. The number of carboxylic acid groups (broad SMARTS) is 1. The van der Waals surface area contributed by atoms with Gasteiger partial charge in [0.2, 0.25) is 26.0 Å². The third kappa shape index (κ3) is 7.18. The quantitative estimate of drug-likeness (QED) is 0.529. The second-order valence-corrected chi connectivity index (χ2v) is 12.9. The van der Waals surface area contributed by atoms with Gasteiger partial charge in [-0.15, -0.1) is 0 Å². The average Bonchev–Trinajstić information content (AvgIpc) is 2.93. The Hall–Kier alpha value is -2.94. The number of benzene rings is 2. The van der Waals surface area contributed by atoms with Gasteiger partial charge in [0, 0.05) is 20.1 Å². The van der Waals surface area contributed by atoms with Crippen molar-refractivity contribution in [2.45, 2.75) is 60.4 Å². The van der Waals surface area contributed by atoms with Crippen LogP contribution in [0.25, 0.3) is 0 Å². The zero-order valence-electron chi connectivity index (χ0n) is 21.3. The molecule has 2 heterocycles. The molecule has 10 nitrogen and oxygen atoms in total. The second-order valence-electron chi connectivity index (χ2n) is 9.12. The number of carboxylic acids is 1. The summed E-state index contributed by atoms with van der Waals surface area (Å²) in [5, 5.41) is 11.6. The van der Waals surface area contributed by atoms with Crippen molar-refractivity contribution < 1.29 is 40.3 Å².